The number of anilines is 1. The average Bonchev–Trinajstić information content (AvgIpc) is 2.71. The van der Waals surface area contributed by atoms with Crippen LogP contribution in [-0.4, -0.2) is 16.7 Å². The SMILES string of the molecule is CC(=O)CCC(=O)Nc1cc(F)cc2c1nc1ccc(F)cc1[n+]2-c1ccccc1. The molecule has 0 unspecified atom stereocenters. The third-order valence-electron chi connectivity index (χ3n) is 4.70. The van der Waals surface area contributed by atoms with Crippen LogP contribution in [0.2, 0.25) is 0 Å². The van der Waals surface area contributed by atoms with Crippen molar-refractivity contribution in [1.82, 2.24) is 4.98 Å². The molecule has 30 heavy (non-hydrogen) atoms. The summed E-state index contributed by atoms with van der Waals surface area (Å²) in [7, 11) is 0. The fourth-order valence-electron chi connectivity index (χ4n) is 3.35. The minimum atomic E-state index is -0.577. The summed E-state index contributed by atoms with van der Waals surface area (Å²) in [6.07, 6.45) is 0.0869. The van der Waals surface area contributed by atoms with E-state index in [0.717, 1.165) is 0 Å². The van der Waals surface area contributed by atoms with Crippen LogP contribution in [-0.2, 0) is 9.59 Å². The third-order valence-corrected chi connectivity index (χ3v) is 4.70. The molecule has 0 atom stereocenters. The lowest BCUT2D eigenvalue weighted by molar-refractivity contribution is -0.538. The number of carbonyl (C=O) groups excluding carboxylic acids is 2. The van der Waals surface area contributed by atoms with Gasteiger partial charge in [0.05, 0.1) is 5.69 Å². The highest BCUT2D eigenvalue weighted by atomic mass is 19.1. The fourth-order valence-corrected chi connectivity index (χ4v) is 3.35. The molecule has 4 rings (SSSR count). The van der Waals surface area contributed by atoms with E-state index in [1.165, 1.54) is 37.3 Å². The smallest absolute Gasteiger partial charge is 0.242 e. The molecule has 0 saturated heterocycles. The summed E-state index contributed by atoms with van der Waals surface area (Å²) in [5.74, 6) is -1.54. The van der Waals surface area contributed by atoms with Gasteiger partial charge in [-0.25, -0.2) is 13.8 Å². The Bertz CT molecular complexity index is 1290. The van der Waals surface area contributed by atoms with Crippen LogP contribution in [0.1, 0.15) is 19.8 Å². The Morgan fingerprint density at radius 1 is 0.933 bits per heavy atom. The zero-order chi connectivity index (χ0) is 21.3. The van der Waals surface area contributed by atoms with Crippen LogP contribution in [0.25, 0.3) is 27.8 Å². The van der Waals surface area contributed by atoms with Crippen molar-refractivity contribution in [2.24, 2.45) is 0 Å². The van der Waals surface area contributed by atoms with Crippen LogP contribution in [0.5, 0.6) is 0 Å². The maximum absolute atomic E-state index is 14.5. The van der Waals surface area contributed by atoms with E-state index in [1.54, 1.807) is 4.57 Å². The second-order valence-electron chi connectivity index (χ2n) is 6.99. The number of nitrogens with zero attached hydrogens (tertiary/aromatic N) is 2. The summed E-state index contributed by atoms with van der Waals surface area (Å²) in [6, 6.07) is 15.8. The number of ketones is 1. The Morgan fingerprint density at radius 3 is 2.40 bits per heavy atom. The highest BCUT2D eigenvalue weighted by Gasteiger charge is 2.23. The zero-order valence-electron chi connectivity index (χ0n) is 16.2. The maximum Gasteiger partial charge on any atom is 0.242 e. The van der Waals surface area contributed by atoms with E-state index in [0.29, 0.717) is 27.8 Å². The average molecular weight is 406 g/mol. The number of hydrogen-bond acceptors (Lipinski definition) is 3. The summed E-state index contributed by atoms with van der Waals surface area (Å²) in [5.41, 5.74) is 2.57. The van der Waals surface area contributed by atoms with Crippen LogP contribution in [0, 0.1) is 11.6 Å². The molecule has 0 saturated carbocycles. The van der Waals surface area contributed by atoms with Gasteiger partial charge in [-0.05, 0) is 19.1 Å². The number of aromatic nitrogens is 2. The summed E-state index contributed by atoms with van der Waals surface area (Å²) >= 11 is 0. The van der Waals surface area contributed by atoms with Gasteiger partial charge in [0, 0.05) is 43.2 Å². The minimum absolute atomic E-state index is 0.00911. The van der Waals surface area contributed by atoms with Gasteiger partial charge in [0.25, 0.3) is 0 Å². The predicted molar refractivity (Wildman–Crippen MR) is 109 cm³/mol. The molecule has 1 N–H and O–H groups in total. The molecular weight excluding hydrogens is 388 g/mol. The molecule has 0 fully saturated rings. The first-order chi connectivity index (χ1) is 14.4. The highest BCUT2D eigenvalue weighted by Crippen LogP contribution is 2.26. The second-order valence-corrected chi connectivity index (χ2v) is 6.99. The third kappa shape index (κ3) is 3.87. The first kappa shape index (κ1) is 19.6. The molecule has 1 aromatic heterocycles. The van der Waals surface area contributed by atoms with Gasteiger partial charge in [0.2, 0.25) is 22.6 Å². The van der Waals surface area contributed by atoms with Gasteiger partial charge >= 0.3 is 0 Å². The predicted octanol–water partition coefficient (Wildman–Crippen LogP) is 4.25. The molecule has 0 aliphatic heterocycles. The monoisotopic (exact) mass is 406 g/mol. The number of halogens is 2. The van der Waals surface area contributed by atoms with Gasteiger partial charge in [-0.1, -0.05) is 18.2 Å². The van der Waals surface area contributed by atoms with Gasteiger partial charge in [-0.3, -0.25) is 4.79 Å². The standard InChI is InChI=1S/C23H17F2N3O2/c1-14(29)7-10-22(30)26-19-11-16(25)13-21-23(19)27-18-9-8-15(24)12-20(18)28(21)17-5-3-2-4-6-17/h2-6,8-9,11-13H,7,10H2,1H3/p+1. The number of carbonyl (C=O) groups is 2. The lowest BCUT2D eigenvalue weighted by Crippen LogP contribution is -2.33. The summed E-state index contributed by atoms with van der Waals surface area (Å²) in [4.78, 5) is 28.0. The topological polar surface area (TPSA) is 62.9 Å². The van der Waals surface area contributed by atoms with E-state index in [9.17, 15) is 18.4 Å². The van der Waals surface area contributed by atoms with Gasteiger partial charge < -0.3 is 10.1 Å². The molecular formula is C23H18F2N3O2+. The molecule has 7 heteroatoms. The number of hydrogen-bond donors (Lipinski definition) is 1. The molecule has 1 heterocycles. The number of nitrogens with one attached hydrogen (secondary N) is 1. The molecule has 5 nitrogen and oxygen atoms in total. The first-order valence-corrected chi connectivity index (χ1v) is 9.41. The normalized spacial score (nSPS) is 11.0. The first-order valence-electron chi connectivity index (χ1n) is 9.41. The van der Waals surface area contributed by atoms with Crippen molar-refractivity contribution in [2.45, 2.75) is 19.8 Å². The van der Waals surface area contributed by atoms with Crippen molar-refractivity contribution in [3.63, 3.8) is 0 Å². The van der Waals surface area contributed by atoms with E-state index in [1.807, 2.05) is 30.3 Å². The van der Waals surface area contributed by atoms with Crippen molar-refractivity contribution in [3.05, 3.63) is 72.3 Å². The molecule has 0 spiro atoms. The number of benzene rings is 3. The Morgan fingerprint density at radius 2 is 1.67 bits per heavy atom. The van der Waals surface area contributed by atoms with E-state index < -0.39 is 17.5 Å². The van der Waals surface area contributed by atoms with Gasteiger partial charge in [-0.2, -0.15) is 0 Å². The Kier molecular flexibility index (Phi) is 5.18. The molecule has 4 aromatic rings. The highest BCUT2D eigenvalue weighted by molar-refractivity contribution is 6.01. The van der Waals surface area contributed by atoms with E-state index in [2.05, 4.69) is 10.3 Å². The molecule has 0 aliphatic rings. The van der Waals surface area contributed by atoms with Crippen molar-refractivity contribution in [2.75, 3.05) is 5.32 Å². The summed E-state index contributed by atoms with van der Waals surface area (Å²) < 4.78 is 30.2. The van der Waals surface area contributed by atoms with Crippen LogP contribution < -0.4 is 9.88 Å². The molecule has 0 aliphatic carbocycles. The van der Waals surface area contributed by atoms with Crippen molar-refractivity contribution in [1.29, 1.82) is 0 Å². The molecule has 0 bridgehead atoms. The van der Waals surface area contributed by atoms with Gasteiger partial charge in [-0.15, -0.1) is 4.57 Å². The van der Waals surface area contributed by atoms with Crippen LogP contribution in [0.3, 0.4) is 0 Å². The number of amides is 1. The van der Waals surface area contributed by atoms with Gasteiger partial charge in [0.1, 0.15) is 22.9 Å². The molecule has 0 radical (unpaired) electrons. The lowest BCUT2D eigenvalue weighted by atomic mass is 10.1. The zero-order valence-corrected chi connectivity index (χ0v) is 16.2. The van der Waals surface area contributed by atoms with Crippen LogP contribution >= 0.6 is 0 Å². The quantitative estimate of drug-likeness (QED) is 0.398. The summed E-state index contributed by atoms with van der Waals surface area (Å²) in [6.45, 7) is 1.40. The van der Waals surface area contributed by atoms with E-state index in [-0.39, 0.29) is 24.3 Å². The van der Waals surface area contributed by atoms with E-state index in [4.69, 9.17) is 0 Å². The van der Waals surface area contributed by atoms with Crippen LogP contribution in [0.15, 0.2) is 60.7 Å². The number of para-hydroxylation sites is 1. The maximum atomic E-state index is 14.5. The number of rotatable bonds is 5. The Labute approximate surface area is 171 Å². The van der Waals surface area contributed by atoms with E-state index >= 15 is 0 Å². The minimum Gasteiger partial charge on any atom is -0.324 e. The van der Waals surface area contributed by atoms with Crippen molar-refractivity contribution >= 4 is 39.4 Å². The Balaban J connectivity index is 1.97. The molecule has 1 amide bonds. The Hall–Kier alpha value is -3.74. The van der Waals surface area contributed by atoms with Crippen LogP contribution in [0.4, 0.5) is 14.5 Å². The largest absolute Gasteiger partial charge is 0.324 e. The van der Waals surface area contributed by atoms with Crippen molar-refractivity contribution in [3.8, 4) is 5.69 Å². The van der Waals surface area contributed by atoms with Crippen molar-refractivity contribution < 1.29 is 22.9 Å². The molecule has 3 aromatic carbocycles. The lowest BCUT2D eigenvalue weighted by Gasteiger charge is -2.10. The number of Topliss-reactive ketones (excluding diaryl/α,β-unsaturated/α-hetero) is 1. The number of fused-ring (bicyclic) bond motifs is 2. The molecule has 150 valence electrons. The second kappa shape index (κ2) is 7.94. The van der Waals surface area contributed by atoms with Gasteiger partial charge in [0.15, 0.2) is 5.52 Å². The fraction of sp³-hybridized carbons (Fsp3) is 0.130. The summed E-state index contributed by atoms with van der Waals surface area (Å²) in [5, 5.41) is 2.65.